The summed E-state index contributed by atoms with van der Waals surface area (Å²) < 4.78 is 0. The van der Waals surface area contributed by atoms with Gasteiger partial charge in [-0.15, -0.1) is 0 Å². The highest BCUT2D eigenvalue weighted by atomic mass is 16.2. The lowest BCUT2D eigenvalue weighted by molar-refractivity contribution is -0.145. The van der Waals surface area contributed by atoms with Gasteiger partial charge >= 0.3 is 0 Å². The molecule has 2 fully saturated rings. The molecule has 1 aliphatic heterocycles. The molecule has 1 amide bonds. The van der Waals surface area contributed by atoms with Crippen LogP contribution in [0, 0.1) is 5.92 Å². The van der Waals surface area contributed by atoms with E-state index in [0.29, 0.717) is 6.04 Å². The molecule has 0 radical (unpaired) electrons. The van der Waals surface area contributed by atoms with E-state index in [-0.39, 0.29) is 11.9 Å². The summed E-state index contributed by atoms with van der Waals surface area (Å²) in [4.78, 5) is 13.1. The molecule has 0 aromatic heterocycles. The molecule has 2 unspecified atom stereocenters. The van der Waals surface area contributed by atoms with Crippen LogP contribution in [0.15, 0.2) is 0 Å². The van der Waals surface area contributed by atoms with Gasteiger partial charge in [0, 0.05) is 12.6 Å². The SMILES string of the molecule is CC(CC1CC1)N1CC(N)C1=O. The van der Waals surface area contributed by atoms with Crippen LogP contribution >= 0.6 is 0 Å². The first kappa shape index (κ1) is 8.05. The van der Waals surface area contributed by atoms with E-state index >= 15 is 0 Å². The maximum atomic E-state index is 11.2. The van der Waals surface area contributed by atoms with Gasteiger partial charge in [0.1, 0.15) is 6.04 Å². The Morgan fingerprint density at radius 1 is 1.67 bits per heavy atom. The fourth-order valence-electron chi connectivity index (χ4n) is 1.84. The normalized spacial score (nSPS) is 31.7. The van der Waals surface area contributed by atoms with Crippen molar-refractivity contribution in [2.24, 2.45) is 11.7 Å². The number of amides is 1. The van der Waals surface area contributed by atoms with Crippen molar-refractivity contribution in [2.75, 3.05) is 6.54 Å². The Balaban J connectivity index is 1.80. The molecular formula is C9H16N2O. The van der Waals surface area contributed by atoms with E-state index in [4.69, 9.17) is 5.73 Å². The Kier molecular flexibility index (Phi) is 1.83. The third-order valence-electron chi connectivity index (χ3n) is 2.90. The van der Waals surface area contributed by atoms with Gasteiger partial charge < -0.3 is 10.6 Å². The number of nitrogens with two attached hydrogens (primary N) is 1. The van der Waals surface area contributed by atoms with Gasteiger partial charge in [0.05, 0.1) is 0 Å². The summed E-state index contributed by atoms with van der Waals surface area (Å²) in [5, 5.41) is 0. The number of carbonyl (C=O) groups is 1. The van der Waals surface area contributed by atoms with Crippen molar-refractivity contribution in [1.82, 2.24) is 4.90 Å². The Hall–Kier alpha value is -0.570. The molecular weight excluding hydrogens is 152 g/mol. The minimum Gasteiger partial charge on any atom is -0.336 e. The average Bonchev–Trinajstić information content (AvgIpc) is 2.82. The molecule has 2 rings (SSSR count). The Morgan fingerprint density at radius 2 is 2.33 bits per heavy atom. The number of carbonyl (C=O) groups excluding carboxylic acids is 1. The summed E-state index contributed by atoms with van der Waals surface area (Å²) in [6.45, 7) is 2.90. The predicted octanol–water partition coefficient (Wildman–Crippen LogP) is 0.344. The van der Waals surface area contributed by atoms with Crippen molar-refractivity contribution in [3.05, 3.63) is 0 Å². The molecule has 1 saturated carbocycles. The Morgan fingerprint density at radius 3 is 2.75 bits per heavy atom. The molecule has 12 heavy (non-hydrogen) atoms. The van der Waals surface area contributed by atoms with Crippen LogP contribution in [0.5, 0.6) is 0 Å². The molecule has 0 spiro atoms. The minimum atomic E-state index is -0.202. The summed E-state index contributed by atoms with van der Waals surface area (Å²) in [7, 11) is 0. The van der Waals surface area contributed by atoms with Crippen LogP contribution in [0.25, 0.3) is 0 Å². The van der Waals surface area contributed by atoms with Crippen molar-refractivity contribution < 1.29 is 4.79 Å². The van der Waals surface area contributed by atoms with E-state index < -0.39 is 0 Å². The van der Waals surface area contributed by atoms with Gasteiger partial charge in [-0.25, -0.2) is 0 Å². The third-order valence-corrected chi connectivity index (χ3v) is 2.90. The topological polar surface area (TPSA) is 46.3 Å². The second-order valence-corrected chi connectivity index (χ2v) is 4.13. The zero-order valence-electron chi connectivity index (χ0n) is 7.49. The molecule has 2 aliphatic rings. The lowest BCUT2D eigenvalue weighted by atomic mass is 10.0. The van der Waals surface area contributed by atoms with Gasteiger partial charge in [-0.3, -0.25) is 4.79 Å². The Bertz CT molecular complexity index is 201. The molecule has 1 saturated heterocycles. The van der Waals surface area contributed by atoms with Gasteiger partial charge in [-0.2, -0.15) is 0 Å². The quantitative estimate of drug-likeness (QED) is 0.618. The summed E-state index contributed by atoms with van der Waals surface area (Å²) in [6, 6.07) is 0.219. The second-order valence-electron chi connectivity index (χ2n) is 4.13. The molecule has 0 aromatic carbocycles. The van der Waals surface area contributed by atoms with E-state index in [0.717, 1.165) is 12.5 Å². The third kappa shape index (κ3) is 1.33. The predicted molar refractivity (Wildman–Crippen MR) is 46.5 cm³/mol. The first-order valence-corrected chi connectivity index (χ1v) is 4.74. The number of hydrogen-bond donors (Lipinski definition) is 1. The van der Waals surface area contributed by atoms with Gasteiger partial charge in [-0.1, -0.05) is 12.8 Å². The van der Waals surface area contributed by atoms with Crippen LogP contribution in [-0.2, 0) is 4.79 Å². The average molecular weight is 168 g/mol. The number of likely N-dealkylation sites (tertiary alicyclic amines) is 1. The van der Waals surface area contributed by atoms with Gasteiger partial charge in [0.15, 0.2) is 0 Å². The number of β-lactam (4-membered cyclic amide) rings is 1. The van der Waals surface area contributed by atoms with E-state index in [9.17, 15) is 4.79 Å². The molecule has 1 aliphatic carbocycles. The zero-order valence-corrected chi connectivity index (χ0v) is 7.49. The Labute approximate surface area is 72.9 Å². The minimum absolute atomic E-state index is 0.142. The summed E-state index contributed by atoms with van der Waals surface area (Å²) >= 11 is 0. The molecule has 1 heterocycles. The van der Waals surface area contributed by atoms with E-state index in [2.05, 4.69) is 6.92 Å². The van der Waals surface area contributed by atoms with Crippen LogP contribution < -0.4 is 5.73 Å². The van der Waals surface area contributed by atoms with Crippen molar-refractivity contribution in [3.63, 3.8) is 0 Å². The monoisotopic (exact) mass is 168 g/mol. The van der Waals surface area contributed by atoms with E-state index in [1.165, 1.54) is 19.3 Å². The van der Waals surface area contributed by atoms with Gasteiger partial charge in [-0.05, 0) is 19.3 Å². The van der Waals surface area contributed by atoms with Crippen molar-refractivity contribution in [2.45, 2.75) is 38.3 Å². The molecule has 3 nitrogen and oxygen atoms in total. The highest BCUT2D eigenvalue weighted by Gasteiger charge is 2.38. The maximum absolute atomic E-state index is 11.2. The maximum Gasteiger partial charge on any atom is 0.241 e. The fraction of sp³-hybridized carbons (Fsp3) is 0.889. The first-order chi connectivity index (χ1) is 5.68. The number of nitrogens with zero attached hydrogens (tertiary/aromatic N) is 1. The molecule has 3 heteroatoms. The highest BCUT2D eigenvalue weighted by molar-refractivity contribution is 5.87. The molecule has 68 valence electrons. The summed E-state index contributed by atoms with van der Waals surface area (Å²) in [5.41, 5.74) is 5.51. The number of hydrogen-bond acceptors (Lipinski definition) is 2. The fourth-order valence-corrected chi connectivity index (χ4v) is 1.84. The lowest BCUT2D eigenvalue weighted by Crippen LogP contribution is -2.63. The van der Waals surface area contributed by atoms with E-state index in [1.807, 2.05) is 4.90 Å². The number of rotatable bonds is 3. The standard InChI is InChI=1S/C9H16N2O/c1-6(4-7-2-3-7)11-5-8(10)9(11)12/h6-8H,2-5,10H2,1H3. The van der Waals surface area contributed by atoms with Crippen molar-refractivity contribution in [3.8, 4) is 0 Å². The van der Waals surface area contributed by atoms with Crippen LogP contribution in [0.3, 0.4) is 0 Å². The molecule has 0 aromatic rings. The second kappa shape index (κ2) is 2.73. The first-order valence-electron chi connectivity index (χ1n) is 4.74. The molecule has 0 bridgehead atoms. The summed E-state index contributed by atoms with van der Waals surface area (Å²) in [5.74, 6) is 1.03. The largest absolute Gasteiger partial charge is 0.336 e. The van der Waals surface area contributed by atoms with Crippen LogP contribution in [0.1, 0.15) is 26.2 Å². The molecule has 2 atom stereocenters. The van der Waals surface area contributed by atoms with E-state index in [1.54, 1.807) is 0 Å². The zero-order chi connectivity index (χ0) is 8.72. The van der Waals surface area contributed by atoms with Crippen LogP contribution in [0.2, 0.25) is 0 Å². The summed E-state index contributed by atoms with van der Waals surface area (Å²) in [6.07, 6.45) is 3.90. The van der Waals surface area contributed by atoms with Gasteiger partial charge in [0.2, 0.25) is 5.91 Å². The van der Waals surface area contributed by atoms with Crippen LogP contribution in [0.4, 0.5) is 0 Å². The highest BCUT2D eigenvalue weighted by Crippen LogP contribution is 2.35. The smallest absolute Gasteiger partial charge is 0.241 e. The molecule has 2 N–H and O–H groups in total. The van der Waals surface area contributed by atoms with Crippen LogP contribution in [-0.4, -0.2) is 29.4 Å². The lowest BCUT2D eigenvalue weighted by Gasteiger charge is -2.40. The van der Waals surface area contributed by atoms with Crippen molar-refractivity contribution in [1.29, 1.82) is 0 Å². The van der Waals surface area contributed by atoms with Crippen molar-refractivity contribution >= 4 is 5.91 Å². The van der Waals surface area contributed by atoms with Gasteiger partial charge in [0.25, 0.3) is 0 Å².